The number of benzene rings is 1. The van der Waals surface area contributed by atoms with E-state index in [4.69, 9.17) is 5.26 Å². The number of hydrogen-bond donors (Lipinski definition) is 2. The first-order chi connectivity index (χ1) is 9.11. The lowest BCUT2D eigenvalue weighted by Crippen LogP contribution is -2.28. The van der Waals surface area contributed by atoms with Crippen LogP contribution in [0.5, 0.6) is 0 Å². The molecule has 2 rings (SSSR count). The lowest BCUT2D eigenvalue weighted by molar-refractivity contribution is 0.0938. The Labute approximate surface area is 111 Å². The molecule has 5 nitrogen and oxygen atoms in total. The van der Waals surface area contributed by atoms with Crippen molar-refractivity contribution in [3.63, 3.8) is 0 Å². The highest BCUT2D eigenvalue weighted by atomic mass is 16.1. The van der Waals surface area contributed by atoms with E-state index in [1.54, 1.807) is 30.5 Å². The molecule has 1 amide bonds. The molecule has 1 aromatic heterocycles. The number of aryl methyl sites for hydroxylation is 1. The quantitative estimate of drug-likeness (QED) is 0.879. The molecule has 2 aromatic rings. The Morgan fingerprint density at radius 3 is 2.84 bits per heavy atom. The molecule has 0 aliphatic rings. The van der Waals surface area contributed by atoms with E-state index in [1.807, 2.05) is 19.9 Å². The minimum Gasteiger partial charge on any atom is -0.344 e. The van der Waals surface area contributed by atoms with Crippen LogP contribution in [0.4, 0.5) is 0 Å². The topological polar surface area (TPSA) is 81.6 Å². The van der Waals surface area contributed by atoms with Crippen molar-refractivity contribution in [2.75, 3.05) is 0 Å². The first-order valence-electron chi connectivity index (χ1n) is 5.93. The van der Waals surface area contributed by atoms with Crippen molar-refractivity contribution in [2.45, 2.75) is 19.9 Å². The summed E-state index contributed by atoms with van der Waals surface area (Å²) in [6.07, 6.45) is 1.71. The number of imidazole rings is 1. The second-order valence-electron chi connectivity index (χ2n) is 4.30. The van der Waals surface area contributed by atoms with Crippen molar-refractivity contribution in [3.8, 4) is 6.07 Å². The number of carbonyl (C=O) groups excluding carboxylic acids is 1. The van der Waals surface area contributed by atoms with Crippen LogP contribution in [0.15, 0.2) is 30.5 Å². The first-order valence-corrected chi connectivity index (χ1v) is 5.93. The highest BCUT2D eigenvalue weighted by molar-refractivity contribution is 5.96. The molecule has 1 atom stereocenters. The summed E-state index contributed by atoms with van der Waals surface area (Å²) in [7, 11) is 0. The van der Waals surface area contributed by atoms with Gasteiger partial charge in [-0.1, -0.05) is 12.1 Å². The number of hydrogen-bond acceptors (Lipinski definition) is 3. The molecule has 0 bridgehead atoms. The summed E-state index contributed by atoms with van der Waals surface area (Å²) in [6, 6.07) is 8.49. The van der Waals surface area contributed by atoms with Crippen LogP contribution >= 0.6 is 0 Å². The zero-order chi connectivity index (χ0) is 13.8. The number of carbonyl (C=O) groups is 1. The minimum atomic E-state index is -0.279. The average molecular weight is 254 g/mol. The van der Waals surface area contributed by atoms with Gasteiger partial charge in [0, 0.05) is 11.9 Å². The van der Waals surface area contributed by atoms with Crippen molar-refractivity contribution in [2.24, 2.45) is 0 Å². The van der Waals surface area contributed by atoms with Crippen molar-refractivity contribution < 1.29 is 4.79 Å². The fourth-order valence-electron chi connectivity index (χ4n) is 1.77. The van der Waals surface area contributed by atoms with E-state index in [0.29, 0.717) is 17.0 Å². The number of nitrogens with one attached hydrogen (secondary N) is 2. The van der Waals surface area contributed by atoms with Crippen molar-refractivity contribution >= 4 is 5.91 Å². The van der Waals surface area contributed by atoms with E-state index in [1.165, 1.54) is 0 Å². The van der Waals surface area contributed by atoms with Gasteiger partial charge in [0.05, 0.1) is 23.2 Å². The fourth-order valence-corrected chi connectivity index (χ4v) is 1.77. The molecule has 0 fully saturated rings. The highest BCUT2D eigenvalue weighted by Crippen LogP contribution is 2.12. The predicted molar refractivity (Wildman–Crippen MR) is 70.4 cm³/mol. The Morgan fingerprint density at radius 1 is 1.47 bits per heavy atom. The van der Waals surface area contributed by atoms with E-state index < -0.39 is 0 Å². The molecule has 0 aliphatic heterocycles. The zero-order valence-electron chi connectivity index (χ0n) is 10.8. The van der Waals surface area contributed by atoms with Crippen LogP contribution in [0.25, 0.3) is 0 Å². The van der Waals surface area contributed by atoms with Crippen molar-refractivity contribution in [1.29, 1.82) is 5.26 Å². The molecule has 19 heavy (non-hydrogen) atoms. The minimum absolute atomic E-state index is 0.243. The molecule has 1 unspecified atom stereocenters. The molecule has 1 heterocycles. The maximum absolute atomic E-state index is 12.1. The lowest BCUT2D eigenvalue weighted by Gasteiger charge is -2.12. The van der Waals surface area contributed by atoms with Gasteiger partial charge >= 0.3 is 0 Å². The van der Waals surface area contributed by atoms with Crippen LogP contribution < -0.4 is 5.32 Å². The van der Waals surface area contributed by atoms with E-state index in [-0.39, 0.29) is 11.9 Å². The smallest absolute Gasteiger partial charge is 0.253 e. The number of aromatic nitrogens is 2. The standard InChI is InChI=1S/C14H14N4O/c1-9-8-16-13(17-9)10(2)18-14(19)12-6-4-3-5-11(12)7-15/h3-6,8,10H,1-2H3,(H,16,17)(H,18,19). The first kappa shape index (κ1) is 12.8. The third-order valence-corrected chi connectivity index (χ3v) is 2.77. The maximum Gasteiger partial charge on any atom is 0.253 e. The SMILES string of the molecule is Cc1cnc(C(C)NC(=O)c2ccccc2C#N)[nH]1. The average Bonchev–Trinajstić information content (AvgIpc) is 2.85. The van der Waals surface area contributed by atoms with Crippen LogP contribution in [-0.2, 0) is 0 Å². The molecule has 0 spiro atoms. The summed E-state index contributed by atoms with van der Waals surface area (Å²) < 4.78 is 0. The molecule has 2 N–H and O–H groups in total. The largest absolute Gasteiger partial charge is 0.344 e. The van der Waals surface area contributed by atoms with Crippen molar-refractivity contribution in [3.05, 3.63) is 53.1 Å². The summed E-state index contributed by atoms with van der Waals surface area (Å²) in [5, 5.41) is 11.8. The van der Waals surface area contributed by atoms with E-state index in [2.05, 4.69) is 15.3 Å². The van der Waals surface area contributed by atoms with Crippen LogP contribution in [-0.4, -0.2) is 15.9 Å². The summed E-state index contributed by atoms with van der Waals surface area (Å²) in [5.74, 6) is 0.416. The van der Waals surface area contributed by atoms with Crippen LogP contribution in [0.2, 0.25) is 0 Å². The van der Waals surface area contributed by atoms with Crippen LogP contribution in [0.3, 0.4) is 0 Å². The molecule has 1 aromatic carbocycles. The Hall–Kier alpha value is -2.61. The zero-order valence-corrected chi connectivity index (χ0v) is 10.8. The molecular weight excluding hydrogens is 240 g/mol. The number of H-pyrrole nitrogens is 1. The Kier molecular flexibility index (Phi) is 3.62. The van der Waals surface area contributed by atoms with Gasteiger partial charge in [-0.05, 0) is 26.0 Å². The molecule has 96 valence electrons. The van der Waals surface area contributed by atoms with Crippen LogP contribution in [0, 0.1) is 18.3 Å². The molecule has 0 aliphatic carbocycles. The third-order valence-electron chi connectivity index (χ3n) is 2.77. The van der Waals surface area contributed by atoms with E-state index >= 15 is 0 Å². The number of nitriles is 1. The summed E-state index contributed by atoms with van der Waals surface area (Å²) in [6.45, 7) is 3.74. The van der Waals surface area contributed by atoms with Crippen molar-refractivity contribution in [1.82, 2.24) is 15.3 Å². The summed E-state index contributed by atoms with van der Waals surface area (Å²) >= 11 is 0. The number of amides is 1. The lowest BCUT2D eigenvalue weighted by atomic mass is 10.1. The van der Waals surface area contributed by atoms with Crippen LogP contribution in [0.1, 0.15) is 40.4 Å². The summed E-state index contributed by atoms with van der Waals surface area (Å²) in [4.78, 5) is 19.4. The maximum atomic E-state index is 12.1. The van der Waals surface area contributed by atoms with E-state index in [9.17, 15) is 4.79 Å². The number of aromatic amines is 1. The Bertz CT molecular complexity index is 639. The molecule has 0 radical (unpaired) electrons. The van der Waals surface area contributed by atoms with Gasteiger partial charge in [-0.15, -0.1) is 0 Å². The highest BCUT2D eigenvalue weighted by Gasteiger charge is 2.15. The molecular formula is C14H14N4O. The van der Waals surface area contributed by atoms with Gasteiger partial charge in [-0.2, -0.15) is 5.26 Å². The van der Waals surface area contributed by atoms with Gasteiger partial charge in [0.1, 0.15) is 5.82 Å². The Balaban J connectivity index is 2.15. The van der Waals surface area contributed by atoms with Gasteiger partial charge in [0.2, 0.25) is 0 Å². The monoisotopic (exact) mass is 254 g/mol. The normalized spacial score (nSPS) is 11.6. The number of rotatable bonds is 3. The van der Waals surface area contributed by atoms with E-state index in [0.717, 1.165) is 5.69 Å². The summed E-state index contributed by atoms with van der Waals surface area (Å²) in [5.41, 5.74) is 1.68. The molecule has 0 saturated carbocycles. The van der Waals surface area contributed by atoms with Gasteiger partial charge < -0.3 is 10.3 Å². The van der Waals surface area contributed by atoms with Gasteiger partial charge in [-0.25, -0.2) is 4.98 Å². The second-order valence-corrected chi connectivity index (χ2v) is 4.30. The number of nitrogens with zero attached hydrogens (tertiary/aromatic N) is 2. The van der Waals surface area contributed by atoms with Gasteiger partial charge in [0.25, 0.3) is 5.91 Å². The van der Waals surface area contributed by atoms with Gasteiger partial charge in [-0.3, -0.25) is 4.79 Å². The fraction of sp³-hybridized carbons (Fsp3) is 0.214. The van der Waals surface area contributed by atoms with Gasteiger partial charge in [0.15, 0.2) is 0 Å². The molecule has 0 saturated heterocycles. The predicted octanol–water partition coefficient (Wildman–Crippen LogP) is 2.08. The Morgan fingerprint density at radius 2 is 2.21 bits per heavy atom. The third kappa shape index (κ3) is 2.80. The molecule has 5 heteroatoms. The second kappa shape index (κ2) is 5.36.